The van der Waals surface area contributed by atoms with Crippen molar-refractivity contribution in [2.45, 2.75) is 59.9 Å². The zero-order valence-electron chi connectivity index (χ0n) is 14.1. The van der Waals surface area contributed by atoms with Crippen molar-refractivity contribution in [1.29, 1.82) is 0 Å². The number of carbonyl (C=O) groups is 1. The minimum atomic E-state index is -0.487. The molecular weight excluding hydrogens is 282 g/mol. The quantitative estimate of drug-likeness (QED) is 0.740. The number of carbonyl (C=O) groups excluding carboxylic acids is 1. The molecule has 6 nitrogen and oxygen atoms in total. The molecule has 0 saturated heterocycles. The SMILES string of the molecule is CCc1n[nH]c(=O)c(C(=O)NC(CO)CC(C)(C)C)c1CC. The van der Waals surface area contributed by atoms with Crippen LogP contribution in [0.25, 0.3) is 0 Å². The molecule has 1 atom stereocenters. The minimum absolute atomic E-state index is 0.0342. The second-order valence-corrected chi connectivity index (χ2v) is 6.68. The molecule has 0 saturated carbocycles. The molecule has 0 aliphatic rings. The Bertz CT molecular complexity index is 573. The summed E-state index contributed by atoms with van der Waals surface area (Å²) in [6.45, 7) is 9.77. The number of rotatable bonds is 6. The van der Waals surface area contributed by atoms with E-state index in [2.05, 4.69) is 15.5 Å². The van der Waals surface area contributed by atoms with E-state index in [1.807, 2.05) is 34.6 Å². The molecule has 0 aromatic carbocycles. The van der Waals surface area contributed by atoms with E-state index in [1.165, 1.54) is 0 Å². The Morgan fingerprint density at radius 2 is 1.95 bits per heavy atom. The molecule has 0 aliphatic heterocycles. The molecule has 22 heavy (non-hydrogen) atoms. The second-order valence-electron chi connectivity index (χ2n) is 6.68. The first-order valence-corrected chi connectivity index (χ1v) is 7.75. The molecule has 124 valence electrons. The summed E-state index contributed by atoms with van der Waals surface area (Å²) in [4.78, 5) is 24.5. The van der Waals surface area contributed by atoms with Gasteiger partial charge in [0.25, 0.3) is 11.5 Å². The van der Waals surface area contributed by atoms with Crippen LogP contribution in [-0.2, 0) is 12.8 Å². The highest BCUT2D eigenvalue weighted by atomic mass is 16.3. The Morgan fingerprint density at radius 1 is 1.32 bits per heavy atom. The van der Waals surface area contributed by atoms with Crippen molar-refractivity contribution < 1.29 is 9.90 Å². The Balaban J connectivity index is 3.10. The Labute approximate surface area is 131 Å². The molecule has 1 amide bonds. The van der Waals surface area contributed by atoms with Crippen molar-refractivity contribution in [2.24, 2.45) is 5.41 Å². The van der Waals surface area contributed by atoms with Gasteiger partial charge in [0.15, 0.2) is 0 Å². The maximum atomic E-state index is 12.5. The van der Waals surface area contributed by atoms with Crippen molar-refractivity contribution in [3.8, 4) is 0 Å². The number of amides is 1. The average molecular weight is 309 g/mol. The number of H-pyrrole nitrogens is 1. The molecule has 3 N–H and O–H groups in total. The van der Waals surface area contributed by atoms with Gasteiger partial charge in [0, 0.05) is 0 Å². The number of aliphatic hydroxyl groups excluding tert-OH is 1. The van der Waals surface area contributed by atoms with Crippen LogP contribution in [0.15, 0.2) is 4.79 Å². The van der Waals surface area contributed by atoms with Gasteiger partial charge in [0.05, 0.1) is 18.3 Å². The van der Waals surface area contributed by atoms with Gasteiger partial charge < -0.3 is 10.4 Å². The van der Waals surface area contributed by atoms with E-state index in [4.69, 9.17) is 0 Å². The van der Waals surface area contributed by atoms with Gasteiger partial charge in [-0.1, -0.05) is 34.6 Å². The van der Waals surface area contributed by atoms with Crippen molar-refractivity contribution in [3.05, 3.63) is 27.2 Å². The largest absolute Gasteiger partial charge is 0.394 e. The summed E-state index contributed by atoms with van der Waals surface area (Å²) in [7, 11) is 0. The van der Waals surface area contributed by atoms with Crippen molar-refractivity contribution >= 4 is 5.91 Å². The van der Waals surface area contributed by atoms with E-state index >= 15 is 0 Å². The van der Waals surface area contributed by atoms with Crippen LogP contribution in [0.1, 0.15) is 62.7 Å². The Morgan fingerprint density at radius 3 is 2.41 bits per heavy atom. The predicted octanol–water partition coefficient (Wildman–Crippen LogP) is 1.42. The highest BCUT2D eigenvalue weighted by Gasteiger charge is 2.24. The number of hydrogen-bond acceptors (Lipinski definition) is 4. The molecule has 0 radical (unpaired) electrons. The summed E-state index contributed by atoms with van der Waals surface area (Å²) in [6.07, 6.45) is 1.83. The average Bonchev–Trinajstić information content (AvgIpc) is 2.44. The zero-order valence-corrected chi connectivity index (χ0v) is 14.1. The fourth-order valence-electron chi connectivity index (χ4n) is 2.59. The van der Waals surface area contributed by atoms with Crippen LogP contribution >= 0.6 is 0 Å². The lowest BCUT2D eigenvalue weighted by Gasteiger charge is -2.25. The summed E-state index contributed by atoms with van der Waals surface area (Å²) < 4.78 is 0. The maximum absolute atomic E-state index is 12.5. The summed E-state index contributed by atoms with van der Waals surface area (Å²) in [6, 6.07) is -0.380. The summed E-state index contributed by atoms with van der Waals surface area (Å²) in [5.41, 5.74) is 0.994. The van der Waals surface area contributed by atoms with Crippen LogP contribution in [0.4, 0.5) is 0 Å². The van der Waals surface area contributed by atoms with Crippen molar-refractivity contribution in [2.75, 3.05) is 6.61 Å². The van der Waals surface area contributed by atoms with Gasteiger partial charge in [-0.3, -0.25) is 9.59 Å². The molecule has 1 aromatic heterocycles. The maximum Gasteiger partial charge on any atom is 0.277 e. The monoisotopic (exact) mass is 309 g/mol. The fraction of sp³-hybridized carbons (Fsp3) is 0.688. The molecule has 0 aliphatic carbocycles. The lowest BCUT2D eigenvalue weighted by Crippen LogP contribution is -2.42. The molecule has 1 unspecified atom stereocenters. The van der Waals surface area contributed by atoms with E-state index < -0.39 is 11.5 Å². The number of aryl methyl sites for hydroxylation is 1. The number of nitrogens with one attached hydrogen (secondary N) is 2. The van der Waals surface area contributed by atoms with Gasteiger partial charge in [0.2, 0.25) is 0 Å². The minimum Gasteiger partial charge on any atom is -0.394 e. The van der Waals surface area contributed by atoms with E-state index in [1.54, 1.807) is 0 Å². The van der Waals surface area contributed by atoms with Crippen LogP contribution in [0.5, 0.6) is 0 Å². The molecule has 0 bridgehead atoms. The van der Waals surface area contributed by atoms with E-state index in [0.29, 0.717) is 24.8 Å². The van der Waals surface area contributed by atoms with Crippen LogP contribution in [0.3, 0.4) is 0 Å². The standard InChI is InChI=1S/C16H27N3O3/c1-6-11-12(7-2)18-19-15(22)13(11)14(21)17-10(9-20)8-16(3,4)5/h10,20H,6-9H2,1-5H3,(H,17,21)(H,19,22). The van der Waals surface area contributed by atoms with Gasteiger partial charge in [-0.05, 0) is 30.2 Å². The van der Waals surface area contributed by atoms with Crippen molar-refractivity contribution in [3.63, 3.8) is 0 Å². The third-order valence-corrected chi connectivity index (χ3v) is 3.50. The molecule has 1 aromatic rings. The lowest BCUT2D eigenvalue weighted by atomic mass is 9.88. The number of aromatic nitrogens is 2. The topological polar surface area (TPSA) is 95.1 Å². The van der Waals surface area contributed by atoms with E-state index in [-0.39, 0.29) is 23.6 Å². The van der Waals surface area contributed by atoms with Gasteiger partial charge in [-0.25, -0.2) is 5.10 Å². The first-order chi connectivity index (χ1) is 10.2. The Kier molecular flexibility index (Phi) is 6.29. The van der Waals surface area contributed by atoms with Gasteiger partial charge in [0.1, 0.15) is 5.56 Å². The van der Waals surface area contributed by atoms with Crippen LogP contribution in [0, 0.1) is 5.41 Å². The van der Waals surface area contributed by atoms with Crippen LogP contribution in [-0.4, -0.2) is 33.9 Å². The van der Waals surface area contributed by atoms with Gasteiger partial charge >= 0.3 is 0 Å². The smallest absolute Gasteiger partial charge is 0.277 e. The highest BCUT2D eigenvalue weighted by Crippen LogP contribution is 2.21. The van der Waals surface area contributed by atoms with E-state index in [9.17, 15) is 14.7 Å². The predicted molar refractivity (Wildman–Crippen MR) is 86.0 cm³/mol. The summed E-state index contributed by atoms with van der Waals surface area (Å²) in [5, 5.41) is 18.6. The third-order valence-electron chi connectivity index (χ3n) is 3.50. The molecule has 0 spiro atoms. The van der Waals surface area contributed by atoms with Crippen LogP contribution in [0.2, 0.25) is 0 Å². The number of aromatic amines is 1. The molecule has 1 rings (SSSR count). The first-order valence-electron chi connectivity index (χ1n) is 7.75. The van der Waals surface area contributed by atoms with E-state index in [0.717, 1.165) is 5.69 Å². The normalized spacial score (nSPS) is 13.0. The van der Waals surface area contributed by atoms with Crippen molar-refractivity contribution in [1.82, 2.24) is 15.5 Å². The Hall–Kier alpha value is -1.69. The van der Waals surface area contributed by atoms with Gasteiger partial charge in [-0.2, -0.15) is 5.10 Å². The number of hydrogen-bond donors (Lipinski definition) is 3. The summed E-state index contributed by atoms with van der Waals surface area (Å²) >= 11 is 0. The number of nitrogens with zero attached hydrogens (tertiary/aromatic N) is 1. The first kappa shape index (κ1) is 18.4. The second kappa shape index (κ2) is 7.54. The van der Waals surface area contributed by atoms with Gasteiger partial charge in [-0.15, -0.1) is 0 Å². The highest BCUT2D eigenvalue weighted by molar-refractivity contribution is 5.95. The zero-order chi connectivity index (χ0) is 16.9. The molecule has 1 heterocycles. The molecular formula is C16H27N3O3. The summed E-state index contributed by atoms with van der Waals surface area (Å²) in [5.74, 6) is -0.446. The lowest BCUT2D eigenvalue weighted by molar-refractivity contribution is 0.0894. The third kappa shape index (κ3) is 4.66. The fourth-order valence-corrected chi connectivity index (χ4v) is 2.59. The number of aliphatic hydroxyl groups is 1. The molecule has 6 heteroatoms. The van der Waals surface area contributed by atoms with Crippen LogP contribution < -0.4 is 10.9 Å². The molecule has 0 fully saturated rings.